The van der Waals surface area contributed by atoms with Gasteiger partial charge in [-0.1, -0.05) is 0 Å². The van der Waals surface area contributed by atoms with Crippen molar-refractivity contribution in [3.05, 3.63) is 42.4 Å². The molecule has 0 bridgehead atoms. The number of anilines is 3. The van der Waals surface area contributed by atoms with Gasteiger partial charge in [0.1, 0.15) is 17.8 Å². The van der Waals surface area contributed by atoms with Gasteiger partial charge in [0.25, 0.3) is 5.91 Å². The van der Waals surface area contributed by atoms with E-state index in [4.69, 9.17) is 0 Å². The standard InChI is InChI=1S/C16H17N5O2/c1-10(22)19-11-2-6-13(7-3-11)21-16(23)14-8-15(18-9-17-14)20-12-4-5-12/h2-3,6-9,12H,4-5H2,1H3,(H,19,22)(H,21,23)(H,17,18,20). The molecular weight excluding hydrogens is 294 g/mol. The van der Waals surface area contributed by atoms with Crippen LogP contribution in [-0.4, -0.2) is 27.8 Å². The highest BCUT2D eigenvalue weighted by Gasteiger charge is 2.21. The summed E-state index contributed by atoms with van der Waals surface area (Å²) in [5.74, 6) is 0.214. The van der Waals surface area contributed by atoms with Gasteiger partial charge >= 0.3 is 0 Å². The molecule has 0 saturated heterocycles. The molecule has 2 amide bonds. The zero-order valence-corrected chi connectivity index (χ0v) is 12.7. The van der Waals surface area contributed by atoms with Crippen LogP contribution in [0.3, 0.4) is 0 Å². The van der Waals surface area contributed by atoms with Crippen LogP contribution in [0.5, 0.6) is 0 Å². The first-order chi connectivity index (χ1) is 11.1. The average Bonchev–Trinajstić information content (AvgIpc) is 3.33. The van der Waals surface area contributed by atoms with Crippen molar-refractivity contribution in [2.75, 3.05) is 16.0 Å². The summed E-state index contributed by atoms with van der Waals surface area (Å²) in [5, 5.41) is 8.66. The number of aromatic nitrogens is 2. The highest BCUT2D eigenvalue weighted by molar-refractivity contribution is 6.03. The van der Waals surface area contributed by atoms with E-state index in [1.807, 2.05) is 0 Å². The van der Waals surface area contributed by atoms with E-state index in [-0.39, 0.29) is 11.8 Å². The van der Waals surface area contributed by atoms with E-state index in [1.165, 1.54) is 13.3 Å². The van der Waals surface area contributed by atoms with E-state index in [9.17, 15) is 9.59 Å². The van der Waals surface area contributed by atoms with Crippen molar-refractivity contribution in [1.29, 1.82) is 0 Å². The summed E-state index contributed by atoms with van der Waals surface area (Å²) < 4.78 is 0. The van der Waals surface area contributed by atoms with Crippen molar-refractivity contribution >= 4 is 29.0 Å². The van der Waals surface area contributed by atoms with E-state index < -0.39 is 0 Å². The van der Waals surface area contributed by atoms with Crippen LogP contribution < -0.4 is 16.0 Å². The highest BCUT2D eigenvalue weighted by atomic mass is 16.2. The zero-order valence-electron chi connectivity index (χ0n) is 12.7. The maximum atomic E-state index is 12.2. The third kappa shape index (κ3) is 4.26. The maximum absolute atomic E-state index is 12.2. The fourth-order valence-electron chi connectivity index (χ4n) is 2.03. The average molecular weight is 311 g/mol. The molecule has 23 heavy (non-hydrogen) atoms. The van der Waals surface area contributed by atoms with Crippen LogP contribution in [0.1, 0.15) is 30.3 Å². The summed E-state index contributed by atoms with van der Waals surface area (Å²) in [7, 11) is 0. The summed E-state index contributed by atoms with van der Waals surface area (Å²) in [4.78, 5) is 31.3. The Bertz CT molecular complexity index is 726. The number of carbonyl (C=O) groups is 2. The Kier molecular flexibility index (Phi) is 4.18. The quantitative estimate of drug-likeness (QED) is 0.787. The first kappa shape index (κ1) is 15.0. The number of nitrogens with zero attached hydrogens (tertiary/aromatic N) is 2. The first-order valence-corrected chi connectivity index (χ1v) is 7.38. The van der Waals surface area contributed by atoms with Gasteiger partial charge in [-0.2, -0.15) is 0 Å². The Morgan fingerprint density at radius 1 is 1.04 bits per heavy atom. The van der Waals surface area contributed by atoms with Gasteiger partial charge in [0, 0.05) is 30.4 Å². The normalized spacial score (nSPS) is 13.3. The number of hydrogen-bond donors (Lipinski definition) is 3. The Balaban J connectivity index is 1.65. The Morgan fingerprint density at radius 2 is 1.70 bits per heavy atom. The van der Waals surface area contributed by atoms with Gasteiger partial charge in [-0.15, -0.1) is 0 Å². The second kappa shape index (κ2) is 6.43. The Labute approximate surface area is 133 Å². The van der Waals surface area contributed by atoms with Crippen LogP contribution in [0, 0.1) is 0 Å². The maximum Gasteiger partial charge on any atom is 0.274 e. The van der Waals surface area contributed by atoms with Gasteiger partial charge in [0.15, 0.2) is 0 Å². The van der Waals surface area contributed by atoms with E-state index in [2.05, 4.69) is 25.9 Å². The molecule has 7 heteroatoms. The van der Waals surface area contributed by atoms with Gasteiger partial charge in [0.05, 0.1) is 0 Å². The molecule has 0 aliphatic heterocycles. The summed E-state index contributed by atoms with van der Waals surface area (Å²) >= 11 is 0. The SMILES string of the molecule is CC(=O)Nc1ccc(NC(=O)c2cc(NC3CC3)ncn2)cc1. The van der Waals surface area contributed by atoms with Gasteiger partial charge in [-0.05, 0) is 37.1 Å². The molecule has 2 aromatic rings. The van der Waals surface area contributed by atoms with Gasteiger partial charge in [-0.3, -0.25) is 9.59 Å². The zero-order chi connectivity index (χ0) is 16.2. The molecule has 0 radical (unpaired) electrons. The largest absolute Gasteiger partial charge is 0.367 e. The second-order valence-electron chi connectivity index (χ2n) is 5.42. The monoisotopic (exact) mass is 311 g/mol. The molecule has 1 aromatic heterocycles. The summed E-state index contributed by atoms with van der Waals surface area (Å²) in [6, 6.07) is 8.97. The molecule has 0 spiro atoms. The Morgan fingerprint density at radius 3 is 2.30 bits per heavy atom. The van der Waals surface area contributed by atoms with Crippen LogP contribution in [-0.2, 0) is 4.79 Å². The lowest BCUT2D eigenvalue weighted by Crippen LogP contribution is -2.15. The molecule has 0 unspecified atom stereocenters. The topological polar surface area (TPSA) is 96.0 Å². The fourth-order valence-corrected chi connectivity index (χ4v) is 2.03. The number of amides is 2. The second-order valence-corrected chi connectivity index (χ2v) is 5.42. The molecule has 7 nitrogen and oxygen atoms in total. The molecule has 3 rings (SSSR count). The summed E-state index contributed by atoms with van der Waals surface area (Å²) in [6.07, 6.45) is 3.64. The number of nitrogens with one attached hydrogen (secondary N) is 3. The first-order valence-electron chi connectivity index (χ1n) is 7.38. The van der Waals surface area contributed by atoms with Crippen molar-refractivity contribution in [2.24, 2.45) is 0 Å². The molecule has 1 fully saturated rings. The van der Waals surface area contributed by atoms with Gasteiger partial charge in [-0.25, -0.2) is 9.97 Å². The lowest BCUT2D eigenvalue weighted by atomic mass is 10.2. The van der Waals surface area contributed by atoms with E-state index in [0.717, 1.165) is 12.8 Å². The number of benzene rings is 1. The molecule has 118 valence electrons. The molecule has 1 aliphatic rings. The molecule has 1 aromatic carbocycles. The van der Waals surface area contributed by atoms with Crippen molar-refractivity contribution in [3.8, 4) is 0 Å². The summed E-state index contributed by atoms with van der Waals surface area (Å²) in [5.41, 5.74) is 1.60. The van der Waals surface area contributed by atoms with Crippen molar-refractivity contribution in [2.45, 2.75) is 25.8 Å². The predicted molar refractivity (Wildman–Crippen MR) is 87.4 cm³/mol. The molecule has 1 heterocycles. The fraction of sp³-hybridized carbons (Fsp3) is 0.250. The van der Waals surface area contributed by atoms with Crippen molar-refractivity contribution < 1.29 is 9.59 Å². The third-order valence-electron chi connectivity index (χ3n) is 3.29. The minimum atomic E-state index is -0.307. The predicted octanol–water partition coefficient (Wildman–Crippen LogP) is 2.26. The molecular formula is C16H17N5O2. The number of rotatable bonds is 5. The van der Waals surface area contributed by atoms with E-state index in [0.29, 0.717) is 28.9 Å². The van der Waals surface area contributed by atoms with Crippen LogP contribution >= 0.6 is 0 Å². The lowest BCUT2D eigenvalue weighted by Gasteiger charge is -2.08. The smallest absolute Gasteiger partial charge is 0.274 e. The molecule has 1 saturated carbocycles. The summed E-state index contributed by atoms with van der Waals surface area (Å²) in [6.45, 7) is 1.44. The van der Waals surface area contributed by atoms with Crippen molar-refractivity contribution in [1.82, 2.24) is 9.97 Å². The molecule has 0 atom stereocenters. The van der Waals surface area contributed by atoms with Crippen molar-refractivity contribution in [3.63, 3.8) is 0 Å². The Hall–Kier alpha value is -2.96. The third-order valence-corrected chi connectivity index (χ3v) is 3.29. The van der Waals surface area contributed by atoms with Gasteiger partial charge < -0.3 is 16.0 Å². The number of carbonyl (C=O) groups excluding carboxylic acids is 2. The minimum Gasteiger partial charge on any atom is -0.367 e. The van der Waals surface area contributed by atoms with Gasteiger partial charge in [0.2, 0.25) is 5.91 Å². The molecule has 1 aliphatic carbocycles. The van der Waals surface area contributed by atoms with Crippen LogP contribution in [0.25, 0.3) is 0 Å². The van der Waals surface area contributed by atoms with Crippen LogP contribution in [0.4, 0.5) is 17.2 Å². The lowest BCUT2D eigenvalue weighted by molar-refractivity contribution is -0.114. The minimum absolute atomic E-state index is 0.140. The molecule has 3 N–H and O–H groups in total. The van der Waals surface area contributed by atoms with E-state index in [1.54, 1.807) is 30.3 Å². The van der Waals surface area contributed by atoms with Crippen LogP contribution in [0.2, 0.25) is 0 Å². The highest BCUT2D eigenvalue weighted by Crippen LogP contribution is 2.23. The van der Waals surface area contributed by atoms with Crippen LogP contribution in [0.15, 0.2) is 36.7 Å². The number of hydrogen-bond acceptors (Lipinski definition) is 5. The van der Waals surface area contributed by atoms with E-state index >= 15 is 0 Å².